The molecule has 0 unspecified atom stereocenters. The second kappa shape index (κ2) is 10.1. The van der Waals surface area contributed by atoms with Gasteiger partial charge < -0.3 is 9.47 Å². The molecule has 5 nitrogen and oxygen atoms in total. The van der Waals surface area contributed by atoms with Crippen molar-refractivity contribution >= 4 is 71.3 Å². The lowest BCUT2D eigenvalue weighted by Crippen LogP contribution is -2.01. The molecule has 0 bridgehead atoms. The highest BCUT2D eigenvalue weighted by Gasteiger charge is 2.13. The Morgan fingerprint density at radius 1 is 1.20 bits per heavy atom. The molecule has 1 heterocycles. The molecule has 0 spiro atoms. The molecule has 0 saturated heterocycles. The van der Waals surface area contributed by atoms with Crippen LogP contribution in [0.3, 0.4) is 0 Å². The summed E-state index contributed by atoms with van der Waals surface area (Å²) >= 11 is 16.5. The van der Waals surface area contributed by atoms with E-state index < -0.39 is 0 Å². The van der Waals surface area contributed by atoms with Crippen molar-refractivity contribution in [2.24, 2.45) is 7.05 Å². The number of nitrogens with zero attached hydrogens (tertiary/aromatic N) is 2. The van der Waals surface area contributed by atoms with Gasteiger partial charge in [-0.15, -0.1) is 0 Å². The number of methoxy groups -OCH3 is 1. The molecular weight excluding hydrogens is 603 g/mol. The van der Waals surface area contributed by atoms with Crippen LogP contribution in [0, 0.1) is 0 Å². The lowest BCUT2D eigenvalue weighted by atomic mass is 10.1. The van der Waals surface area contributed by atoms with Gasteiger partial charge in [0.15, 0.2) is 5.69 Å². The maximum absolute atomic E-state index is 12.4. The Kier molecular flexibility index (Phi) is 7.79. The molecule has 0 saturated carbocycles. The maximum atomic E-state index is 12.4. The molecule has 0 aliphatic rings. The molecule has 0 fully saturated rings. The quantitative estimate of drug-likeness (QED) is 0.215. The first-order valence-corrected chi connectivity index (χ1v) is 11.4. The summed E-state index contributed by atoms with van der Waals surface area (Å²) in [4.78, 5) is 12.4. The zero-order chi connectivity index (χ0) is 21.8. The molecule has 0 amide bonds. The monoisotopic (exact) mass is 616 g/mol. The lowest BCUT2D eigenvalue weighted by Gasteiger charge is -2.14. The number of ketones is 1. The van der Waals surface area contributed by atoms with E-state index in [1.807, 2.05) is 30.3 Å². The predicted octanol–water partition coefficient (Wildman–Crippen LogP) is 6.84. The van der Waals surface area contributed by atoms with Crippen molar-refractivity contribution in [2.75, 3.05) is 7.11 Å². The summed E-state index contributed by atoms with van der Waals surface area (Å²) in [5, 5.41) is 4.41. The van der Waals surface area contributed by atoms with Gasteiger partial charge in [0, 0.05) is 23.3 Å². The van der Waals surface area contributed by atoms with Gasteiger partial charge in [0.25, 0.3) is 0 Å². The van der Waals surface area contributed by atoms with Crippen LogP contribution < -0.4 is 9.47 Å². The summed E-state index contributed by atoms with van der Waals surface area (Å²) in [7, 11) is 3.32. The van der Waals surface area contributed by atoms with Crippen LogP contribution in [0.5, 0.6) is 11.5 Å². The molecule has 9 heteroatoms. The van der Waals surface area contributed by atoms with Gasteiger partial charge >= 0.3 is 0 Å². The normalized spacial score (nSPS) is 11.1. The van der Waals surface area contributed by atoms with Crippen LogP contribution in [0.1, 0.15) is 21.6 Å². The fourth-order valence-corrected chi connectivity index (χ4v) is 5.47. The molecular formula is C21H16Br3ClN2O3. The zero-order valence-electron chi connectivity index (χ0n) is 16.0. The van der Waals surface area contributed by atoms with Crippen LogP contribution in [0.4, 0.5) is 0 Å². The van der Waals surface area contributed by atoms with E-state index >= 15 is 0 Å². The first-order valence-electron chi connectivity index (χ1n) is 8.64. The van der Waals surface area contributed by atoms with Crippen LogP contribution in [0.2, 0.25) is 5.02 Å². The molecule has 0 N–H and O–H groups in total. The standard InChI is InChI=1S/C21H16Br3ClN2O3/c1-27-10-17(25)20(26-27)18(28)5-3-12-4-6-19(29-2)13(7-12)11-30-21-15(23)8-14(22)9-16(21)24/h3-10H,11H2,1-2H3/b5-3+. The molecule has 3 aromatic rings. The summed E-state index contributed by atoms with van der Waals surface area (Å²) in [6, 6.07) is 9.42. The number of aryl methyl sites for hydroxylation is 1. The zero-order valence-corrected chi connectivity index (χ0v) is 21.5. The van der Waals surface area contributed by atoms with E-state index in [2.05, 4.69) is 52.9 Å². The van der Waals surface area contributed by atoms with Crippen molar-refractivity contribution in [2.45, 2.75) is 6.61 Å². The number of aromatic nitrogens is 2. The van der Waals surface area contributed by atoms with Crippen LogP contribution in [0.25, 0.3) is 6.08 Å². The summed E-state index contributed by atoms with van der Waals surface area (Å²) < 4.78 is 15.5. The lowest BCUT2D eigenvalue weighted by molar-refractivity contribution is 0.104. The molecule has 0 aliphatic heterocycles. The van der Waals surface area contributed by atoms with E-state index in [1.165, 1.54) is 10.8 Å². The Hall–Kier alpha value is -1.61. The number of hydrogen-bond acceptors (Lipinski definition) is 4. The van der Waals surface area contributed by atoms with Crippen molar-refractivity contribution in [3.05, 3.63) is 77.9 Å². The highest BCUT2D eigenvalue weighted by Crippen LogP contribution is 2.37. The number of carbonyl (C=O) groups excluding carboxylic acids is 1. The van der Waals surface area contributed by atoms with Gasteiger partial charge in [-0.05, 0) is 67.8 Å². The maximum Gasteiger partial charge on any atom is 0.207 e. The smallest absolute Gasteiger partial charge is 0.207 e. The Morgan fingerprint density at radius 3 is 2.50 bits per heavy atom. The van der Waals surface area contributed by atoms with E-state index in [-0.39, 0.29) is 18.1 Å². The summed E-state index contributed by atoms with van der Waals surface area (Å²) in [5.74, 6) is 1.11. The summed E-state index contributed by atoms with van der Waals surface area (Å²) in [5.41, 5.74) is 1.88. The predicted molar refractivity (Wildman–Crippen MR) is 128 cm³/mol. The van der Waals surface area contributed by atoms with Gasteiger partial charge in [-0.25, -0.2) is 0 Å². The van der Waals surface area contributed by atoms with Gasteiger partial charge in [0.05, 0.1) is 21.1 Å². The SMILES string of the molecule is COc1ccc(/C=C/C(=O)c2nn(C)cc2Cl)cc1COc1c(Br)cc(Br)cc1Br. The molecule has 0 radical (unpaired) electrons. The Bertz CT molecular complexity index is 1110. The van der Waals surface area contributed by atoms with Crippen molar-refractivity contribution in [3.63, 3.8) is 0 Å². The largest absolute Gasteiger partial charge is 0.496 e. The van der Waals surface area contributed by atoms with Gasteiger partial charge in [-0.1, -0.05) is 39.7 Å². The fourth-order valence-electron chi connectivity index (χ4n) is 2.71. The van der Waals surface area contributed by atoms with E-state index in [9.17, 15) is 4.79 Å². The van der Waals surface area contributed by atoms with E-state index in [0.29, 0.717) is 16.5 Å². The highest BCUT2D eigenvalue weighted by molar-refractivity contribution is 9.11. The van der Waals surface area contributed by atoms with Crippen molar-refractivity contribution in [3.8, 4) is 11.5 Å². The Balaban J connectivity index is 1.80. The minimum absolute atomic E-state index is 0.220. The van der Waals surface area contributed by atoms with Crippen molar-refractivity contribution in [1.82, 2.24) is 9.78 Å². The average molecular weight is 620 g/mol. The number of ether oxygens (including phenoxy) is 2. The molecule has 30 heavy (non-hydrogen) atoms. The van der Waals surface area contributed by atoms with Crippen LogP contribution >= 0.6 is 59.4 Å². The third-order valence-corrected chi connectivity index (χ3v) is 6.00. The number of carbonyl (C=O) groups is 1. The molecule has 0 aliphatic carbocycles. The van der Waals surface area contributed by atoms with Gasteiger partial charge in [0.2, 0.25) is 5.78 Å². The average Bonchev–Trinajstić information content (AvgIpc) is 3.03. The van der Waals surface area contributed by atoms with E-state index in [0.717, 1.165) is 24.5 Å². The van der Waals surface area contributed by atoms with Gasteiger partial charge in [-0.3, -0.25) is 9.48 Å². The van der Waals surface area contributed by atoms with Gasteiger partial charge in [0.1, 0.15) is 18.1 Å². The molecule has 1 aromatic heterocycles. The third kappa shape index (κ3) is 5.55. The minimum Gasteiger partial charge on any atom is -0.496 e. The summed E-state index contributed by atoms with van der Waals surface area (Å²) in [6.07, 6.45) is 4.74. The number of hydrogen-bond donors (Lipinski definition) is 0. The first-order chi connectivity index (χ1) is 14.3. The topological polar surface area (TPSA) is 53.3 Å². The molecule has 156 valence electrons. The van der Waals surface area contributed by atoms with Crippen LogP contribution in [0.15, 0.2) is 56.0 Å². The first kappa shape index (κ1) is 23.1. The second-order valence-electron chi connectivity index (χ2n) is 6.26. The van der Waals surface area contributed by atoms with Crippen LogP contribution in [-0.4, -0.2) is 22.7 Å². The van der Waals surface area contributed by atoms with Crippen molar-refractivity contribution in [1.29, 1.82) is 0 Å². The Morgan fingerprint density at radius 2 is 1.90 bits per heavy atom. The Labute approximate surface area is 204 Å². The molecule has 3 rings (SSSR count). The number of halogens is 4. The van der Waals surface area contributed by atoms with Gasteiger partial charge in [-0.2, -0.15) is 5.10 Å². The summed E-state index contributed by atoms with van der Waals surface area (Å²) in [6.45, 7) is 0.281. The number of benzene rings is 2. The second-order valence-corrected chi connectivity index (χ2v) is 9.29. The van der Waals surface area contributed by atoms with E-state index in [4.69, 9.17) is 21.1 Å². The van der Waals surface area contributed by atoms with Crippen LogP contribution in [-0.2, 0) is 13.7 Å². The highest BCUT2D eigenvalue weighted by atomic mass is 79.9. The number of rotatable bonds is 7. The third-order valence-electron chi connectivity index (χ3n) is 4.08. The molecule has 0 atom stereocenters. The van der Waals surface area contributed by atoms with E-state index in [1.54, 1.807) is 26.4 Å². The minimum atomic E-state index is -0.267. The number of allylic oxidation sites excluding steroid dienone is 1. The van der Waals surface area contributed by atoms with Crippen molar-refractivity contribution < 1.29 is 14.3 Å². The fraction of sp³-hybridized carbons (Fsp3) is 0.143. The molecule has 2 aromatic carbocycles.